The molecular weight excluding hydrogens is 755 g/mol. The lowest BCUT2D eigenvalue weighted by atomic mass is 9.80. The number of benzene rings is 8. The summed E-state index contributed by atoms with van der Waals surface area (Å²) in [7, 11) is 0. The molecule has 4 aliphatic rings. The van der Waals surface area contributed by atoms with Crippen molar-refractivity contribution in [3.63, 3.8) is 0 Å². The predicted molar refractivity (Wildman–Crippen MR) is 263 cm³/mol. The maximum absolute atomic E-state index is 2.48. The fourth-order valence-corrected chi connectivity index (χ4v) is 11.9. The van der Waals surface area contributed by atoms with Crippen LogP contribution in [0.1, 0.15) is 62.0 Å². The fourth-order valence-electron chi connectivity index (χ4n) is 10.6. The molecule has 4 aliphatic carbocycles. The summed E-state index contributed by atoms with van der Waals surface area (Å²) in [6.07, 6.45) is 15.5. The minimum absolute atomic E-state index is 0.418. The van der Waals surface area contributed by atoms with E-state index in [-0.39, 0.29) is 0 Å². The van der Waals surface area contributed by atoms with E-state index in [9.17, 15) is 0 Å². The minimum Gasteiger partial charge on any atom is -0.310 e. The summed E-state index contributed by atoms with van der Waals surface area (Å²) < 4.78 is 2.81. The zero-order valence-electron chi connectivity index (χ0n) is 34.5. The third-order valence-corrected chi connectivity index (χ3v) is 15.1. The largest absolute Gasteiger partial charge is 0.310 e. The van der Waals surface area contributed by atoms with E-state index in [4.69, 9.17) is 0 Å². The average Bonchev–Trinajstić information content (AvgIpc) is 3.86. The molecule has 0 spiro atoms. The molecule has 1 heterocycles. The standard InChI is InChI=1S/C59H47NS/c1-38-12-5-6-17-48(38)42-26-24-39(25-27-42)40-28-32-46(33-29-40)60(47-34-30-43(31-35-47)50-20-11-22-53-55-37-45-36-54(45)59(55)61-58(50)53)56-23-8-7-18-51(56)52-21-10-16-44-15-9-19-49(57(44)52)41-13-3-2-4-14-41/h5-12,15-38,41,48H,2-4,13-14H2,1H3. The third kappa shape index (κ3) is 6.35. The Morgan fingerprint density at radius 3 is 1.90 bits per heavy atom. The molecule has 8 aromatic rings. The second-order valence-electron chi connectivity index (χ2n) is 17.5. The van der Waals surface area contributed by atoms with Crippen molar-refractivity contribution in [1.29, 1.82) is 0 Å². The molecule has 1 nitrogen and oxygen atoms in total. The Morgan fingerprint density at radius 1 is 0.492 bits per heavy atom. The molecule has 7 aromatic carbocycles. The number of nitrogens with zero attached hydrogens (tertiary/aromatic N) is 1. The van der Waals surface area contributed by atoms with Crippen LogP contribution < -0.4 is 4.90 Å². The maximum atomic E-state index is 2.48. The van der Waals surface area contributed by atoms with Crippen LogP contribution in [0.4, 0.5) is 17.1 Å². The molecule has 2 heteroatoms. The van der Waals surface area contributed by atoms with Crippen LogP contribution in [0.25, 0.3) is 75.5 Å². The first-order valence-electron chi connectivity index (χ1n) is 22.2. The van der Waals surface area contributed by atoms with Crippen molar-refractivity contribution in [2.24, 2.45) is 5.92 Å². The van der Waals surface area contributed by atoms with Gasteiger partial charge in [-0.1, -0.05) is 172 Å². The van der Waals surface area contributed by atoms with Crippen LogP contribution in [0.15, 0.2) is 188 Å². The van der Waals surface area contributed by atoms with E-state index in [1.807, 2.05) is 11.3 Å². The average molecular weight is 802 g/mol. The number of hydrogen-bond acceptors (Lipinski definition) is 2. The first kappa shape index (κ1) is 36.4. The van der Waals surface area contributed by atoms with Gasteiger partial charge in [0.15, 0.2) is 0 Å². The monoisotopic (exact) mass is 801 g/mol. The van der Waals surface area contributed by atoms with Crippen LogP contribution in [-0.4, -0.2) is 0 Å². The summed E-state index contributed by atoms with van der Waals surface area (Å²) in [6, 6.07) is 62.2. The van der Waals surface area contributed by atoms with Gasteiger partial charge in [0.05, 0.1) is 5.69 Å². The normalized spacial score (nSPS) is 17.1. The molecule has 0 amide bonds. The second kappa shape index (κ2) is 14.9. The Bertz CT molecular complexity index is 3170. The van der Waals surface area contributed by atoms with E-state index in [2.05, 4.69) is 200 Å². The van der Waals surface area contributed by atoms with Gasteiger partial charge in [-0.25, -0.2) is 0 Å². The van der Waals surface area contributed by atoms with Crippen molar-refractivity contribution in [3.05, 3.63) is 199 Å². The van der Waals surface area contributed by atoms with Gasteiger partial charge in [-0.2, -0.15) is 0 Å². The van der Waals surface area contributed by atoms with Gasteiger partial charge in [0.1, 0.15) is 0 Å². The van der Waals surface area contributed by atoms with E-state index in [0.29, 0.717) is 17.8 Å². The van der Waals surface area contributed by atoms with E-state index < -0.39 is 0 Å². The number of anilines is 3. The van der Waals surface area contributed by atoms with Gasteiger partial charge in [-0.15, -0.1) is 11.3 Å². The van der Waals surface area contributed by atoms with Crippen molar-refractivity contribution in [1.82, 2.24) is 0 Å². The van der Waals surface area contributed by atoms with Crippen LogP contribution in [0.3, 0.4) is 0 Å². The van der Waals surface area contributed by atoms with Crippen molar-refractivity contribution in [2.75, 3.05) is 4.90 Å². The Labute approximate surface area is 363 Å². The quantitative estimate of drug-likeness (QED) is 0.148. The first-order valence-corrected chi connectivity index (χ1v) is 23.0. The lowest BCUT2D eigenvalue weighted by Crippen LogP contribution is -2.11. The third-order valence-electron chi connectivity index (χ3n) is 13.8. The molecule has 0 aliphatic heterocycles. The highest BCUT2D eigenvalue weighted by atomic mass is 32.1. The van der Waals surface area contributed by atoms with Crippen molar-refractivity contribution in [2.45, 2.75) is 50.9 Å². The van der Waals surface area contributed by atoms with Gasteiger partial charge in [0.25, 0.3) is 0 Å². The van der Waals surface area contributed by atoms with Crippen LogP contribution in [0.5, 0.6) is 0 Å². The number of fused-ring (bicyclic) bond motifs is 6. The van der Waals surface area contributed by atoms with Crippen molar-refractivity contribution < 1.29 is 0 Å². The Hall–Kier alpha value is -6.48. The number of rotatable bonds is 8. The molecular formula is C59H47NS. The summed E-state index contributed by atoms with van der Waals surface area (Å²) in [6.45, 7) is 2.30. The molecule has 0 bridgehead atoms. The highest BCUT2D eigenvalue weighted by molar-refractivity contribution is 7.27. The van der Waals surface area contributed by atoms with E-state index in [1.165, 1.54) is 124 Å². The van der Waals surface area contributed by atoms with Crippen LogP contribution in [-0.2, 0) is 0 Å². The molecule has 12 rings (SSSR count). The molecule has 0 N–H and O–H groups in total. The molecule has 294 valence electrons. The van der Waals surface area contributed by atoms with E-state index in [1.54, 1.807) is 0 Å². The van der Waals surface area contributed by atoms with E-state index >= 15 is 0 Å². The van der Waals surface area contributed by atoms with Gasteiger partial charge < -0.3 is 4.90 Å². The Morgan fingerprint density at radius 2 is 1.13 bits per heavy atom. The van der Waals surface area contributed by atoms with Crippen LogP contribution in [0.2, 0.25) is 0 Å². The van der Waals surface area contributed by atoms with Crippen molar-refractivity contribution >= 4 is 59.3 Å². The molecule has 61 heavy (non-hydrogen) atoms. The van der Waals surface area contributed by atoms with Gasteiger partial charge in [0, 0.05) is 48.6 Å². The highest BCUT2D eigenvalue weighted by Gasteiger charge is 2.25. The maximum Gasteiger partial charge on any atom is 0.0540 e. The molecule has 1 fully saturated rings. The Kier molecular flexibility index (Phi) is 8.89. The molecule has 0 radical (unpaired) electrons. The van der Waals surface area contributed by atoms with E-state index in [0.717, 1.165) is 11.4 Å². The fraction of sp³-hybridized carbons (Fsp3) is 0.153. The van der Waals surface area contributed by atoms with Crippen LogP contribution >= 0.6 is 11.3 Å². The molecule has 1 saturated carbocycles. The summed E-state index contributed by atoms with van der Waals surface area (Å²) in [5.74, 6) is 1.52. The minimum atomic E-state index is 0.418. The molecule has 0 saturated heterocycles. The number of allylic oxidation sites excluding steroid dienone is 4. The topological polar surface area (TPSA) is 3.24 Å². The highest BCUT2D eigenvalue weighted by Crippen LogP contribution is 2.52. The number of hydrogen-bond donors (Lipinski definition) is 0. The van der Waals surface area contributed by atoms with Gasteiger partial charge in [-0.05, 0) is 122 Å². The van der Waals surface area contributed by atoms with Gasteiger partial charge in [-0.3, -0.25) is 0 Å². The summed E-state index contributed by atoms with van der Waals surface area (Å²) in [4.78, 5) is 2.48. The number of thiophene rings is 1. The zero-order chi connectivity index (χ0) is 40.4. The Balaban J connectivity index is 0.969. The molecule has 1 aromatic heterocycles. The molecule has 2 atom stereocenters. The second-order valence-corrected chi connectivity index (χ2v) is 18.5. The smallest absolute Gasteiger partial charge is 0.0540 e. The summed E-state index contributed by atoms with van der Waals surface area (Å²) >= 11 is 1.94. The number of para-hydroxylation sites is 1. The first-order chi connectivity index (χ1) is 30.2. The molecule has 2 unspecified atom stereocenters. The van der Waals surface area contributed by atoms with Gasteiger partial charge in [0.2, 0.25) is 0 Å². The lowest BCUT2D eigenvalue weighted by molar-refractivity contribution is 0.445. The summed E-state index contributed by atoms with van der Waals surface area (Å²) in [5, 5.41) is 5.51. The predicted octanol–water partition coefficient (Wildman–Crippen LogP) is 17.6. The van der Waals surface area contributed by atoms with Crippen molar-refractivity contribution in [3.8, 4) is 44.5 Å². The SMILES string of the molecule is CC1C=CC=CC1c1ccc(-c2ccc(N(c3ccc(-c4cccc5c4sc4c6cc-6cc45)cc3)c3ccccc3-c3cccc4cccc(C5CCCCC5)c34)cc2)cc1. The zero-order valence-corrected chi connectivity index (χ0v) is 35.3. The van der Waals surface area contributed by atoms with Crippen LogP contribution in [0, 0.1) is 5.92 Å². The summed E-state index contributed by atoms with van der Waals surface area (Å²) in [5.41, 5.74) is 16.8. The lowest BCUT2D eigenvalue weighted by Gasteiger charge is -2.29. The van der Waals surface area contributed by atoms with Gasteiger partial charge >= 0.3 is 0 Å².